The molecule has 1 aliphatic rings. The molecule has 0 bridgehead atoms. The predicted molar refractivity (Wildman–Crippen MR) is 85.9 cm³/mol. The number of nitrogens with zero attached hydrogens (tertiary/aromatic N) is 4. The number of nitro benzene ring substituents is 1. The number of β-amino-alcohol motifs (C(OH)–C–C–N with tert-alkyl or cyclic N) is 1. The second kappa shape index (κ2) is 6.40. The van der Waals surface area contributed by atoms with E-state index in [-0.39, 0.29) is 29.8 Å². The Balaban J connectivity index is 1.84. The number of amides is 1. The number of aliphatic hydroxyl groups excluding tert-OH is 1. The lowest BCUT2D eigenvalue weighted by atomic mass is 9.96. The van der Waals surface area contributed by atoms with Gasteiger partial charge in [-0.3, -0.25) is 14.9 Å². The maximum absolute atomic E-state index is 12.5. The monoisotopic (exact) mass is 330 g/mol. The molecule has 0 spiro atoms. The second-order valence-electron chi connectivity index (χ2n) is 5.98. The summed E-state index contributed by atoms with van der Waals surface area (Å²) in [6.07, 6.45) is 1.72. The van der Waals surface area contributed by atoms with Gasteiger partial charge < -0.3 is 10.0 Å². The average Bonchev–Trinajstić information content (AvgIpc) is 3.06. The molecule has 8 nitrogen and oxygen atoms in total. The van der Waals surface area contributed by atoms with Crippen molar-refractivity contribution in [2.75, 3.05) is 13.1 Å². The molecule has 2 atom stereocenters. The molecule has 1 aliphatic heterocycles. The molecule has 1 fully saturated rings. The summed E-state index contributed by atoms with van der Waals surface area (Å²) < 4.78 is 1.33. The van der Waals surface area contributed by atoms with Crippen molar-refractivity contribution in [2.24, 2.45) is 5.92 Å². The third-order valence-corrected chi connectivity index (χ3v) is 4.34. The van der Waals surface area contributed by atoms with Gasteiger partial charge in [0, 0.05) is 25.4 Å². The predicted octanol–water partition coefficient (Wildman–Crippen LogP) is 1.62. The number of carbonyl (C=O) groups is 1. The largest absolute Gasteiger partial charge is 0.391 e. The van der Waals surface area contributed by atoms with Gasteiger partial charge >= 0.3 is 0 Å². The SMILES string of the molecule is CC1CCN(C(=O)c2ccn(-c3ccccc3[N+](=O)[O-])n2)CC1O. The van der Waals surface area contributed by atoms with Crippen LogP contribution in [0.3, 0.4) is 0 Å². The summed E-state index contributed by atoms with van der Waals surface area (Å²) in [5, 5.41) is 25.2. The van der Waals surface area contributed by atoms with Crippen LogP contribution in [-0.2, 0) is 0 Å². The molecule has 1 amide bonds. The lowest BCUT2D eigenvalue weighted by Crippen LogP contribution is -2.45. The van der Waals surface area contributed by atoms with E-state index in [9.17, 15) is 20.0 Å². The average molecular weight is 330 g/mol. The Hall–Kier alpha value is -2.74. The molecule has 0 saturated carbocycles. The van der Waals surface area contributed by atoms with Gasteiger partial charge in [-0.25, -0.2) is 4.68 Å². The summed E-state index contributed by atoms with van der Waals surface area (Å²) in [5.41, 5.74) is 0.422. The Kier molecular flexibility index (Phi) is 4.30. The Morgan fingerprint density at radius 2 is 2.12 bits per heavy atom. The van der Waals surface area contributed by atoms with E-state index in [2.05, 4.69) is 5.10 Å². The lowest BCUT2D eigenvalue weighted by molar-refractivity contribution is -0.384. The van der Waals surface area contributed by atoms with Crippen molar-refractivity contribution < 1.29 is 14.8 Å². The van der Waals surface area contributed by atoms with E-state index in [0.29, 0.717) is 12.2 Å². The summed E-state index contributed by atoms with van der Waals surface area (Å²) in [7, 11) is 0. The molecule has 24 heavy (non-hydrogen) atoms. The first-order valence-corrected chi connectivity index (χ1v) is 7.74. The van der Waals surface area contributed by atoms with Crippen LogP contribution in [0.4, 0.5) is 5.69 Å². The smallest absolute Gasteiger partial charge is 0.294 e. The molecular formula is C16H18N4O4. The van der Waals surface area contributed by atoms with Crippen molar-refractivity contribution in [1.82, 2.24) is 14.7 Å². The molecule has 1 aromatic heterocycles. The van der Waals surface area contributed by atoms with Crippen molar-refractivity contribution in [2.45, 2.75) is 19.4 Å². The number of carbonyl (C=O) groups excluding carboxylic acids is 1. The van der Waals surface area contributed by atoms with Gasteiger partial charge in [0.05, 0.1) is 11.0 Å². The molecule has 0 aliphatic carbocycles. The number of rotatable bonds is 3. The maximum atomic E-state index is 12.5. The van der Waals surface area contributed by atoms with Crippen molar-refractivity contribution in [3.63, 3.8) is 0 Å². The van der Waals surface area contributed by atoms with Crippen LogP contribution in [0.2, 0.25) is 0 Å². The van der Waals surface area contributed by atoms with Gasteiger partial charge in [-0.1, -0.05) is 19.1 Å². The topological polar surface area (TPSA) is 102 Å². The maximum Gasteiger partial charge on any atom is 0.294 e. The van der Waals surface area contributed by atoms with Crippen LogP contribution in [-0.4, -0.2) is 49.8 Å². The van der Waals surface area contributed by atoms with Crippen molar-refractivity contribution in [3.05, 3.63) is 52.3 Å². The van der Waals surface area contributed by atoms with Gasteiger partial charge in [-0.15, -0.1) is 0 Å². The molecule has 1 saturated heterocycles. The number of piperidine rings is 1. The highest BCUT2D eigenvalue weighted by Crippen LogP contribution is 2.22. The normalized spacial score (nSPS) is 20.8. The molecule has 3 rings (SSSR count). The fourth-order valence-corrected chi connectivity index (χ4v) is 2.78. The number of aromatic nitrogens is 2. The van der Waals surface area contributed by atoms with E-state index >= 15 is 0 Å². The number of para-hydroxylation sites is 2. The van der Waals surface area contributed by atoms with Crippen LogP contribution in [0, 0.1) is 16.0 Å². The minimum absolute atomic E-state index is 0.0816. The van der Waals surface area contributed by atoms with Crippen molar-refractivity contribution in [3.8, 4) is 5.69 Å². The molecule has 2 heterocycles. The zero-order chi connectivity index (χ0) is 17.3. The standard InChI is InChI=1S/C16H18N4O4/c1-11-6-8-18(10-15(11)21)16(22)12-7-9-19(17-12)13-4-2-3-5-14(13)20(23)24/h2-5,7,9,11,15,21H,6,8,10H2,1H3. The van der Waals surface area contributed by atoms with Crippen LogP contribution >= 0.6 is 0 Å². The number of likely N-dealkylation sites (tertiary alicyclic amines) is 1. The number of benzene rings is 1. The summed E-state index contributed by atoms with van der Waals surface area (Å²) in [5.74, 6) is -0.114. The van der Waals surface area contributed by atoms with Gasteiger partial charge in [0.25, 0.3) is 11.6 Å². The fraction of sp³-hybridized carbons (Fsp3) is 0.375. The van der Waals surface area contributed by atoms with E-state index in [4.69, 9.17) is 0 Å². The van der Waals surface area contributed by atoms with Gasteiger partial charge in [0.2, 0.25) is 0 Å². The minimum Gasteiger partial charge on any atom is -0.391 e. The number of hydrogen-bond acceptors (Lipinski definition) is 5. The van der Waals surface area contributed by atoms with E-state index < -0.39 is 11.0 Å². The van der Waals surface area contributed by atoms with E-state index in [1.807, 2.05) is 6.92 Å². The number of aliphatic hydroxyl groups is 1. The molecule has 1 aromatic carbocycles. The van der Waals surface area contributed by atoms with E-state index in [1.165, 1.54) is 23.0 Å². The third kappa shape index (κ3) is 3.00. The zero-order valence-electron chi connectivity index (χ0n) is 13.2. The molecule has 2 aromatic rings. The quantitative estimate of drug-likeness (QED) is 0.681. The van der Waals surface area contributed by atoms with Crippen LogP contribution in [0.5, 0.6) is 0 Å². The van der Waals surface area contributed by atoms with Gasteiger partial charge in [-0.05, 0) is 24.5 Å². The summed E-state index contributed by atoms with van der Waals surface area (Å²) >= 11 is 0. The highest BCUT2D eigenvalue weighted by atomic mass is 16.6. The zero-order valence-corrected chi connectivity index (χ0v) is 13.2. The van der Waals surface area contributed by atoms with E-state index in [0.717, 1.165) is 6.42 Å². The van der Waals surface area contributed by atoms with Gasteiger partial charge in [0.1, 0.15) is 5.69 Å². The highest BCUT2D eigenvalue weighted by Gasteiger charge is 2.29. The first-order valence-electron chi connectivity index (χ1n) is 7.74. The third-order valence-electron chi connectivity index (χ3n) is 4.34. The molecular weight excluding hydrogens is 312 g/mol. The number of nitro groups is 1. The first-order chi connectivity index (χ1) is 11.5. The molecule has 2 unspecified atom stereocenters. The Bertz CT molecular complexity index is 773. The lowest BCUT2D eigenvalue weighted by Gasteiger charge is -2.33. The summed E-state index contributed by atoms with van der Waals surface area (Å²) in [6.45, 7) is 2.80. The Morgan fingerprint density at radius 1 is 1.38 bits per heavy atom. The number of hydrogen-bond donors (Lipinski definition) is 1. The van der Waals surface area contributed by atoms with Gasteiger partial charge in [0.15, 0.2) is 5.69 Å². The Morgan fingerprint density at radius 3 is 2.83 bits per heavy atom. The summed E-state index contributed by atoms with van der Waals surface area (Å²) in [6, 6.07) is 7.75. The minimum atomic E-state index is -0.542. The van der Waals surface area contributed by atoms with Crippen LogP contribution < -0.4 is 0 Å². The van der Waals surface area contributed by atoms with Crippen LogP contribution in [0.15, 0.2) is 36.5 Å². The van der Waals surface area contributed by atoms with Crippen molar-refractivity contribution in [1.29, 1.82) is 0 Å². The van der Waals surface area contributed by atoms with Crippen LogP contribution in [0.25, 0.3) is 5.69 Å². The highest BCUT2D eigenvalue weighted by molar-refractivity contribution is 5.92. The fourth-order valence-electron chi connectivity index (χ4n) is 2.78. The molecule has 126 valence electrons. The molecule has 1 N–H and O–H groups in total. The second-order valence-corrected chi connectivity index (χ2v) is 5.98. The van der Waals surface area contributed by atoms with Crippen molar-refractivity contribution >= 4 is 11.6 Å². The Labute approximate surface area is 138 Å². The summed E-state index contributed by atoms with van der Waals surface area (Å²) in [4.78, 5) is 24.7. The van der Waals surface area contributed by atoms with E-state index in [1.54, 1.807) is 23.1 Å². The first kappa shape index (κ1) is 16.1. The molecule has 8 heteroatoms. The van der Waals surface area contributed by atoms with Crippen LogP contribution in [0.1, 0.15) is 23.8 Å². The van der Waals surface area contributed by atoms with Gasteiger partial charge in [-0.2, -0.15) is 5.10 Å². The molecule has 0 radical (unpaired) electrons.